The van der Waals surface area contributed by atoms with Crippen molar-refractivity contribution in [1.29, 1.82) is 0 Å². The number of hydrogen-bond acceptors (Lipinski definition) is 8. The zero-order valence-electron chi connectivity index (χ0n) is 16.7. The second-order valence-corrected chi connectivity index (χ2v) is 9.20. The van der Waals surface area contributed by atoms with E-state index in [0.29, 0.717) is 11.1 Å². The van der Waals surface area contributed by atoms with Gasteiger partial charge >= 0.3 is 0 Å². The summed E-state index contributed by atoms with van der Waals surface area (Å²) in [6.45, 7) is 0. The van der Waals surface area contributed by atoms with Crippen LogP contribution in [0.2, 0.25) is 0 Å². The summed E-state index contributed by atoms with van der Waals surface area (Å²) in [6, 6.07) is 13.7. The standard InChI is InChI=1S/C10H12IN3O2.C9H11IN4O2/c11-7-3-1-2-6(4-7)8(15)5-10(13,14)9(12)16;10-6-3-1-2-5(4-6)7(15)14-9(12,13)8(11)16/h1-4H,5,13-14H2,(H2,12,16);1-4H,12-13H2,(H2,11,16)(H,14,15)/i11+0;10+0. The Morgan fingerprint density at radius 3 is 1.69 bits per heavy atom. The number of carbonyl (C=O) groups excluding carboxylic acids is 4. The van der Waals surface area contributed by atoms with Crippen LogP contribution < -0.4 is 39.7 Å². The summed E-state index contributed by atoms with van der Waals surface area (Å²) in [7, 11) is 0. The molecule has 0 fully saturated rings. The minimum atomic E-state index is -2.04. The van der Waals surface area contributed by atoms with E-state index in [4.69, 9.17) is 34.4 Å². The number of Topliss-reactive ketones (excluding diaryl/α,β-unsaturated/α-hetero) is 1. The SMILES string of the molecule is NC(=O)C(N)(N)CC(=O)c1cccc([127I])c1.NC(=O)C(N)(N)NC(=O)c1cccc([127I])c1. The number of carbonyl (C=O) groups is 4. The molecule has 172 valence electrons. The molecule has 3 amide bonds. The summed E-state index contributed by atoms with van der Waals surface area (Å²) in [5, 5.41) is 2.14. The molecule has 13 heteroatoms. The van der Waals surface area contributed by atoms with Crippen molar-refractivity contribution in [1.82, 2.24) is 5.32 Å². The molecule has 0 bridgehead atoms. The average molecular weight is 667 g/mol. The van der Waals surface area contributed by atoms with Gasteiger partial charge in [0, 0.05) is 18.3 Å². The van der Waals surface area contributed by atoms with Crippen molar-refractivity contribution in [2.45, 2.75) is 17.9 Å². The first-order chi connectivity index (χ1) is 14.7. The van der Waals surface area contributed by atoms with Gasteiger partial charge in [0.25, 0.3) is 17.7 Å². The Bertz CT molecular complexity index is 947. The van der Waals surface area contributed by atoms with E-state index in [0.717, 1.165) is 7.14 Å². The molecule has 0 saturated carbocycles. The summed E-state index contributed by atoms with van der Waals surface area (Å²) < 4.78 is 1.80. The molecule has 2 aromatic carbocycles. The number of benzene rings is 2. The van der Waals surface area contributed by atoms with E-state index < -0.39 is 29.2 Å². The second-order valence-electron chi connectivity index (χ2n) is 6.71. The third-order valence-electron chi connectivity index (χ3n) is 3.87. The van der Waals surface area contributed by atoms with Crippen molar-refractivity contribution in [3.63, 3.8) is 0 Å². The molecule has 0 aliphatic carbocycles. The van der Waals surface area contributed by atoms with E-state index in [1.807, 2.05) is 12.1 Å². The molecule has 0 atom stereocenters. The van der Waals surface area contributed by atoms with Crippen LogP contribution >= 0.6 is 45.2 Å². The molecule has 32 heavy (non-hydrogen) atoms. The van der Waals surface area contributed by atoms with Gasteiger partial charge in [-0.1, -0.05) is 18.2 Å². The maximum Gasteiger partial charge on any atom is 0.273 e. The van der Waals surface area contributed by atoms with Crippen molar-refractivity contribution >= 4 is 68.7 Å². The topological polar surface area (TPSA) is 236 Å². The molecule has 0 spiro atoms. The van der Waals surface area contributed by atoms with Crippen LogP contribution in [0, 0.1) is 7.14 Å². The molecule has 0 aromatic heterocycles. The maximum atomic E-state index is 11.7. The first kappa shape index (κ1) is 27.9. The van der Waals surface area contributed by atoms with Gasteiger partial charge < -0.3 is 28.3 Å². The monoisotopic (exact) mass is 667 g/mol. The fourth-order valence-electron chi connectivity index (χ4n) is 2.07. The highest BCUT2D eigenvalue weighted by Gasteiger charge is 2.30. The van der Waals surface area contributed by atoms with Gasteiger partial charge in [-0.25, -0.2) is 0 Å². The predicted octanol–water partition coefficient (Wildman–Crippen LogP) is -0.959. The van der Waals surface area contributed by atoms with Crippen molar-refractivity contribution in [3.8, 4) is 0 Å². The number of hydrogen-bond donors (Lipinski definition) is 7. The van der Waals surface area contributed by atoms with E-state index in [-0.39, 0.29) is 12.2 Å². The lowest BCUT2D eigenvalue weighted by Gasteiger charge is -2.21. The molecule has 2 aromatic rings. The minimum Gasteiger partial charge on any atom is -0.367 e. The second kappa shape index (κ2) is 11.6. The molecule has 0 saturated heterocycles. The van der Waals surface area contributed by atoms with Crippen LogP contribution in [0.25, 0.3) is 0 Å². The Morgan fingerprint density at radius 2 is 1.25 bits per heavy atom. The summed E-state index contributed by atoms with van der Waals surface area (Å²) in [5.74, 6) is -4.80. The Labute approximate surface area is 211 Å². The Balaban J connectivity index is 0.000000320. The minimum absolute atomic E-state index is 0.303. The number of nitrogens with two attached hydrogens (primary N) is 6. The highest BCUT2D eigenvalue weighted by atomic mass is 127. The van der Waals surface area contributed by atoms with Crippen LogP contribution in [0.5, 0.6) is 0 Å². The van der Waals surface area contributed by atoms with E-state index >= 15 is 0 Å². The number of primary amides is 2. The fourth-order valence-corrected chi connectivity index (χ4v) is 3.15. The molecular weight excluding hydrogens is 644 g/mol. The van der Waals surface area contributed by atoms with Crippen molar-refractivity contribution in [2.24, 2.45) is 34.4 Å². The summed E-state index contributed by atoms with van der Waals surface area (Å²) in [6.07, 6.45) is -0.303. The molecular formula is C19H23I2N7O4. The van der Waals surface area contributed by atoms with E-state index in [1.165, 1.54) is 0 Å². The lowest BCUT2D eigenvalue weighted by Crippen LogP contribution is -2.70. The van der Waals surface area contributed by atoms with Crippen molar-refractivity contribution in [3.05, 3.63) is 66.8 Å². The fraction of sp³-hybridized carbons (Fsp3) is 0.158. The van der Waals surface area contributed by atoms with Gasteiger partial charge in [-0.2, -0.15) is 0 Å². The number of ketones is 1. The van der Waals surface area contributed by atoms with E-state index in [9.17, 15) is 19.2 Å². The Kier molecular flexibility index (Phi) is 10.1. The highest BCUT2D eigenvalue weighted by molar-refractivity contribution is 14.1. The summed E-state index contributed by atoms with van der Waals surface area (Å²) in [5.41, 5.74) is 30.4. The first-order valence-electron chi connectivity index (χ1n) is 8.78. The van der Waals surface area contributed by atoms with E-state index in [1.54, 1.807) is 36.4 Å². The highest BCUT2D eigenvalue weighted by Crippen LogP contribution is 2.12. The molecule has 2 rings (SSSR count). The van der Waals surface area contributed by atoms with Gasteiger partial charge in [0.1, 0.15) is 0 Å². The third-order valence-corrected chi connectivity index (χ3v) is 5.22. The molecule has 11 nitrogen and oxygen atoms in total. The average Bonchev–Trinajstić information content (AvgIpc) is 2.67. The molecule has 0 heterocycles. The summed E-state index contributed by atoms with van der Waals surface area (Å²) in [4.78, 5) is 45.1. The van der Waals surface area contributed by atoms with E-state index in [2.05, 4.69) is 50.5 Å². The predicted molar refractivity (Wildman–Crippen MR) is 135 cm³/mol. The largest absolute Gasteiger partial charge is 0.367 e. The maximum absolute atomic E-state index is 11.7. The van der Waals surface area contributed by atoms with Crippen LogP contribution in [0.4, 0.5) is 0 Å². The van der Waals surface area contributed by atoms with Gasteiger partial charge in [0.05, 0.1) is 6.42 Å². The van der Waals surface area contributed by atoms with Gasteiger partial charge in [-0.3, -0.25) is 30.6 Å². The Hall–Kier alpha value is -2.18. The van der Waals surface area contributed by atoms with Crippen LogP contribution in [-0.2, 0) is 9.59 Å². The lowest BCUT2D eigenvalue weighted by molar-refractivity contribution is -0.124. The van der Waals surface area contributed by atoms with Gasteiger partial charge in [0.15, 0.2) is 11.4 Å². The number of amides is 3. The van der Waals surface area contributed by atoms with Crippen LogP contribution in [0.3, 0.4) is 0 Å². The molecule has 13 N–H and O–H groups in total. The molecule has 0 aliphatic rings. The van der Waals surface area contributed by atoms with Crippen molar-refractivity contribution < 1.29 is 19.2 Å². The molecule has 0 unspecified atom stereocenters. The van der Waals surface area contributed by atoms with Crippen molar-refractivity contribution in [2.75, 3.05) is 0 Å². The summed E-state index contributed by atoms with van der Waals surface area (Å²) >= 11 is 4.14. The van der Waals surface area contributed by atoms with Crippen LogP contribution in [0.1, 0.15) is 27.1 Å². The molecule has 0 aliphatic heterocycles. The smallest absolute Gasteiger partial charge is 0.273 e. The number of nitrogens with one attached hydrogen (secondary N) is 1. The zero-order chi connectivity index (χ0) is 24.7. The zero-order valence-corrected chi connectivity index (χ0v) is 21.0. The van der Waals surface area contributed by atoms with Gasteiger partial charge in [-0.05, 0) is 75.5 Å². The van der Waals surface area contributed by atoms with Crippen LogP contribution in [-0.4, -0.2) is 35.0 Å². The third kappa shape index (κ3) is 8.75. The van der Waals surface area contributed by atoms with Gasteiger partial charge in [0.2, 0.25) is 5.79 Å². The first-order valence-corrected chi connectivity index (χ1v) is 10.9. The van der Waals surface area contributed by atoms with Crippen LogP contribution in [0.15, 0.2) is 48.5 Å². The normalized spacial score (nSPS) is 11.1. The molecule has 0 radical (unpaired) electrons. The number of rotatable bonds is 7. The van der Waals surface area contributed by atoms with Gasteiger partial charge in [-0.15, -0.1) is 0 Å². The quantitative estimate of drug-likeness (QED) is 0.110. The lowest BCUT2D eigenvalue weighted by atomic mass is 9.99. The number of halogens is 2. The Morgan fingerprint density at radius 1 is 0.781 bits per heavy atom.